The third-order valence-corrected chi connectivity index (χ3v) is 4.10. The van der Waals surface area contributed by atoms with Gasteiger partial charge >= 0.3 is 17.9 Å². The van der Waals surface area contributed by atoms with Crippen LogP contribution in [-0.2, 0) is 14.4 Å². The molecule has 2 bridgehead atoms. The smallest absolute Gasteiger partial charge is 0.321 e. The zero-order chi connectivity index (χ0) is 12.1. The van der Waals surface area contributed by atoms with E-state index in [1.54, 1.807) is 0 Å². The van der Waals surface area contributed by atoms with Crippen molar-refractivity contribution in [2.45, 2.75) is 19.3 Å². The lowest BCUT2D eigenvalue weighted by Crippen LogP contribution is -2.44. The highest BCUT2D eigenvalue weighted by Gasteiger charge is 2.69. The second kappa shape index (κ2) is 3.20. The van der Waals surface area contributed by atoms with E-state index in [4.69, 9.17) is 15.3 Å². The number of carboxylic acid groups (broad SMARTS) is 3. The number of carbonyl (C=O) groups is 3. The van der Waals surface area contributed by atoms with E-state index < -0.39 is 41.1 Å². The maximum atomic E-state index is 11.2. The van der Waals surface area contributed by atoms with Crippen LogP contribution in [0, 0.1) is 23.2 Å². The molecule has 3 unspecified atom stereocenters. The first-order valence-electron chi connectivity index (χ1n) is 5.12. The summed E-state index contributed by atoms with van der Waals surface area (Å²) in [6, 6.07) is 0. The quantitative estimate of drug-likeness (QED) is 0.598. The zero-order valence-corrected chi connectivity index (χ0v) is 8.42. The normalized spacial score (nSPS) is 34.9. The van der Waals surface area contributed by atoms with Crippen LogP contribution in [0.5, 0.6) is 0 Å². The lowest BCUT2D eigenvalue weighted by atomic mass is 9.76. The third-order valence-electron chi connectivity index (χ3n) is 4.10. The van der Waals surface area contributed by atoms with E-state index in [1.807, 2.05) is 0 Å². The van der Waals surface area contributed by atoms with Crippen molar-refractivity contribution in [1.82, 2.24) is 0 Å². The van der Waals surface area contributed by atoms with Gasteiger partial charge in [0.25, 0.3) is 0 Å². The Morgan fingerprint density at radius 3 is 1.88 bits per heavy atom. The van der Waals surface area contributed by atoms with E-state index in [2.05, 4.69) is 0 Å². The maximum Gasteiger partial charge on any atom is 0.321 e. The van der Waals surface area contributed by atoms with Gasteiger partial charge in [-0.05, 0) is 31.1 Å². The van der Waals surface area contributed by atoms with Crippen LogP contribution in [0.25, 0.3) is 0 Å². The molecule has 0 radical (unpaired) electrons. The Morgan fingerprint density at radius 1 is 1.00 bits per heavy atom. The van der Waals surface area contributed by atoms with Crippen molar-refractivity contribution in [3.63, 3.8) is 0 Å². The Bertz CT molecular complexity index is 360. The minimum absolute atomic E-state index is 0.165. The van der Waals surface area contributed by atoms with Gasteiger partial charge in [-0.3, -0.25) is 14.4 Å². The van der Waals surface area contributed by atoms with Crippen molar-refractivity contribution in [1.29, 1.82) is 0 Å². The number of rotatable bonds is 3. The van der Waals surface area contributed by atoms with Gasteiger partial charge in [0.15, 0.2) is 5.41 Å². The van der Waals surface area contributed by atoms with Gasteiger partial charge in [-0.2, -0.15) is 0 Å². The molecule has 2 rings (SSSR count). The summed E-state index contributed by atoms with van der Waals surface area (Å²) in [7, 11) is 0. The van der Waals surface area contributed by atoms with Crippen LogP contribution in [0.2, 0.25) is 0 Å². The van der Waals surface area contributed by atoms with Crippen LogP contribution in [-0.4, -0.2) is 33.2 Å². The lowest BCUT2D eigenvalue weighted by molar-refractivity contribution is -0.169. The van der Waals surface area contributed by atoms with Gasteiger partial charge in [0.05, 0.1) is 5.92 Å². The van der Waals surface area contributed by atoms with Crippen molar-refractivity contribution >= 4 is 17.9 Å². The molecule has 2 fully saturated rings. The first-order valence-corrected chi connectivity index (χ1v) is 5.12. The molecule has 0 saturated heterocycles. The summed E-state index contributed by atoms with van der Waals surface area (Å²) in [5, 5.41) is 27.2. The molecule has 2 aliphatic rings. The average molecular weight is 228 g/mol. The van der Waals surface area contributed by atoms with Crippen molar-refractivity contribution in [2.75, 3.05) is 0 Å². The fraction of sp³-hybridized carbons (Fsp3) is 0.700. The Labute approximate surface area is 90.9 Å². The van der Waals surface area contributed by atoms with Crippen LogP contribution in [0.15, 0.2) is 0 Å². The molecular formula is C10H12O6. The van der Waals surface area contributed by atoms with Crippen LogP contribution in [0.3, 0.4) is 0 Å². The molecule has 0 aromatic heterocycles. The van der Waals surface area contributed by atoms with Gasteiger partial charge < -0.3 is 15.3 Å². The van der Waals surface area contributed by atoms with Crippen molar-refractivity contribution < 1.29 is 29.7 Å². The van der Waals surface area contributed by atoms with Gasteiger partial charge in [-0.1, -0.05) is 0 Å². The molecule has 3 atom stereocenters. The largest absolute Gasteiger partial charge is 0.481 e. The number of fused-ring (bicyclic) bond motifs is 2. The molecule has 3 N–H and O–H groups in total. The van der Waals surface area contributed by atoms with Crippen LogP contribution in [0.4, 0.5) is 0 Å². The standard InChI is InChI=1S/C10H12O6/c11-7(12)5-3-4-1-2-6(5)10(4,8(13)14)9(15)16/h4-6H,1-3H2,(H,11,12)(H,13,14)(H,15,16). The molecule has 0 aromatic rings. The Morgan fingerprint density at radius 2 is 1.56 bits per heavy atom. The molecule has 88 valence electrons. The minimum atomic E-state index is -1.87. The summed E-state index contributed by atoms with van der Waals surface area (Å²) in [6.07, 6.45) is 1.03. The second-order valence-electron chi connectivity index (χ2n) is 4.54. The third kappa shape index (κ3) is 1.04. The fourth-order valence-electron chi connectivity index (χ4n) is 3.46. The molecule has 0 aliphatic heterocycles. The number of hydrogen-bond donors (Lipinski definition) is 3. The van der Waals surface area contributed by atoms with Crippen molar-refractivity contribution in [3.05, 3.63) is 0 Å². The summed E-state index contributed by atoms with van der Waals surface area (Å²) in [5.41, 5.74) is -1.87. The molecule has 6 heteroatoms. The van der Waals surface area contributed by atoms with E-state index in [0.29, 0.717) is 12.8 Å². The van der Waals surface area contributed by atoms with E-state index in [1.165, 1.54) is 0 Å². The number of aliphatic carboxylic acids is 3. The molecule has 0 amide bonds. The van der Waals surface area contributed by atoms with Gasteiger partial charge in [0.2, 0.25) is 0 Å². The van der Waals surface area contributed by atoms with Gasteiger partial charge in [0.1, 0.15) is 0 Å². The molecule has 6 nitrogen and oxygen atoms in total. The van der Waals surface area contributed by atoms with Crippen molar-refractivity contribution in [2.24, 2.45) is 23.2 Å². The average Bonchev–Trinajstić information content (AvgIpc) is 2.69. The highest BCUT2D eigenvalue weighted by Crippen LogP contribution is 2.61. The minimum Gasteiger partial charge on any atom is -0.481 e. The van der Waals surface area contributed by atoms with E-state index >= 15 is 0 Å². The predicted octanol–water partition coefficient (Wildman–Crippen LogP) is 0.273. The number of carboxylic acids is 3. The summed E-state index contributed by atoms with van der Waals surface area (Å²) in [4.78, 5) is 33.4. The fourth-order valence-corrected chi connectivity index (χ4v) is 3.46. The second-order valence-corrected chi connectivity index (χ2v) is 4.54. The molecule has 0 aromatic carbocycles. The van der Waals surface area contributed by atoms with Crippen molar-refractivity contribution in [3.8, 4) is 0 Å². The highest BCUT2D eigenvalue weighted by atomic mass is 16.4. The monoisotopic (exact) mass is 228 g/mol. The molecule has 0 heterocycles. The zero-order valence-electron chi connectivity index (χ0n) is 8.42. The Balaban J connectivity index is 2.46. The predicted molar refractivity (Wildman–Crippen MR) is 49.7 cm³/mol. The van der Waals surface area contributed by atoms with Gasteiger partial charge in [0, 0.05) is 0 Å². The first kappa shape index (κ1) is 10.9. The summed E-state index contributed by atoms with van der Waals surface area (Å²) in [5.74, 6) is -6.02. The molecule has 0 spiro atoms. The molecular weight excluding hydrogens is 216 g/mol. The van der Waals surface area contributed by atoms with E-state index in [9.17, 15) is 14.4 Å². The number of hydrogen-bond acceptors (Lipinski definition) is 3. The Hall–Kier alpha value is -1.59. The van der Waals surface area contributed by atoms with Crippen LogP contribution in [0.1, 0.15) is 19.3 Å². The van der Waals surface area contributed by atoms with Crippen LogP contribution < -0.4 is 0 Å². The Kier molecular flexibility index (Phi) is 2.18. The maximum absolute atomic E-state index is 11.2. The summed E-state index contributed by atoms with van der Waals surface area (Å²) in [6.45, 7) is 0. The molecule has 2 aliphatic carbocycles. The van der Waals surface area contributed by atoms with Gasteiger partial charge in [-0.15, -0.1) is 0 Å². The van der Waals surface area contributed by atoms with E-state index in [-0.39, 0.29) is 6.42 Å². The summed E-state index contributed by atoms with van der Waals surface area (Å²) < 4.78 is 0. The van der Waals surface area contributed by atoms with E-state index in [0.717, 1.165) is 0 Å². The topological polar surface area (TPSA) is 112 Å². The lowest BCUT2D eigenvalue weighted by Gasteiger charge is -2.25. The first-order chi connectivity index (χ1) is 7.42. The molecule has 16 heavy (non-hydrogen) atoms. The van der Waals surface area contributed by atoms with Crippen LogP contribution >= 0.6 is 0 Å². The highest BCUT2D eigenvalue weighted by molar-refractivity contribution is 6.00. The SMILES string of the molecule is O=C(O)C1CC2CCC1C2(C(=O)O)C(=O)O. The summed E-state index contributed by atoms with van der Waals surface area (Å²) >= 11 is 0. The molecule has 2 saturated carbocycles. The van der Waals surface area contributed by atoms with Gasteiger partial charge in [-0.25, -0.2) is 0 Å².